The number of nitrogens with zero attached hydrogens (tertiary/aromatic N) is 2. The van der Waals surface area contributed by atoms with Crippen LogP contribution in [0.3, 0.4) is 0 Å². The molecule has 3 aromatic rings. The Labute approximate surface area is 120 Å². The van der Waals surface area contributed by atoms with Crippen molar-refractivity contribution in [3.8, 4) is 22.0 Å². The van der Waals surface area contributed by atoms with E-state index in [0.29, 0.717) is 0 Å². The zero-order valence-corrected chi connectivity index (χ0v) is 11.9. The molecule has 0 aliphatic carbocycles. The van der Waals surface area contributed by atoms with Gasteiger partial charge in [-0.25, -0.2) is 4.98 Å². The van der Waals surface area contributed by atoms with Gasteiger partial charge in [-0.2, -0.15) is 0 Å². The molecule has 0 amide bonds. The molecular weight excluding hydrogens is 276 g/mol. The smallest absolute Gasteiger partial charge is 0.142 e. The van der Waals surface area contributed by atoms with Crippen LogP contribution < -0.4 is 0 Å². The molecule has 3 rings (SSSR count). The standard InChI is InChI=1S/C15H11ClN2S/c1-10-14(11-5-7-12(16)8-6-11)18-15(19-10)13-4-2-3-9-17-13/h2-9H,1H3. The van der Waals surface area contributed by atoms with Crippen LogP contribution in [0.25, 0.3) is 22.0 Å². The molecule has 0 radical (unpaired) electrons. The second-order valence-corrected chi connectivity index (χ2v) is 5.79. The second-order valence-electron chi connectivity index (χ2n) is 4.15. The third-order valence-electron chi connectivity index (χ3n) is 2.80. The SMILES string of the molecule is Cc1sc(-c2ccccn2)nc1-c1ccc(Cl)cc1. The Hall–Kier alpha value is -1.71. The second kappa shape index (κ2) is 5.11. The van der Waals surface area contributed by atoms with Crippen LogP contribution in [0.2, 0.25) is 5.02 Å². The van der Waals surface area contributed by atoms with E-state index in [-0.39, 0.29) is 0 Å². The Kier molecular flexibility index (Phi) is 3.32. The van der Waals surface area contributed by atoms with Gasteiger partial charge in [0, 0.05) is 21.7 Å². The van der Waals surface area contributed by atoms with Crippen molar-refractivity contribution in [2.75, 3.05) is 0 Å². The highest BCUT2D eigenvalue weighted by molar-refractivity contribution is 7.15. The molecule has 19 heavy (non-hydrogen) atoms. The average Bonchev–Trinajstić information content (AvgIpc) is 2.83. The molecule has 0 unspecified atom stereocenters. The number of rotatable bonds is 2. The Bertz CT molecular complexity index is 690. The van der Waals surface area contributed by atoms with Gasteiger partial charge in [-0.1, -0.05) is 29.8 Å². The first kappa shape index (κ1) is 12.3. The van der Waals surface area contributed by atoms with E-state index in [1.807, 2.05) is 42.5 Å². The zero-order valence-electron chi connectivity index (χ0n) is 10.3. The summed E-state index contributed by atoms with van der Waals surface area (Å²) in [6.45, 7) is 2.08. The molecule has 0 saturated carbocycles. The van der Waals surface area contributed by atoms with Gasteiger partial charge < -0.3 is 0 Å². The number of halogens is 1. The molecule has 2 nitrogen and oxygen atoms in total. The van der Waals surface area contributed by atoms with E-state index in [4.69, 9.17) is 16.6 Å². The molecule has 2 heterocycles. The third-order valence-corrected chi connectivity index (χ3v) is 4.04. The summed E-state index contributed by atoms with van der Waals surface area (Å²) in [6.07, 6.45) is 1.79. The van der Waals surface area contributed by atoms with Gasteiger partial charge in [0.25, 0.3) is 0 Å². The summed E-state index contributed by atoms with van der Waals surface area (Å²) in [6, 6.07) is 13.6. The fourth-order valence-electron chi connectivity index (χ4n) is 1.87. The average molecular weight is 287 g/mol. The summed E-state index contributed by atoms with van der Waals surface area (Å²) in [5.41, 5.74) is 3.00. The maximum absolute atomic E-state index is 5.91. The highest BCUT2D eigenvalue weighted by atomic mass is 35.5. The van der Waals surface area contributed by atoms with E-state index in [1.165, 1.54) is 4.88 Å². The summed E-state index contributed by atoms with van der Waals surface area (Å²) in [7, 11) is 0. The molecule has 2 aromatic heterocycles. The van der Waals surface area contributed by atoms with Crippen LogP contribution in [0.1, 0.15) is 4.88 Å². The van der Waals surface area contributed by atoms with Gasteiger partial charge in [0.2, 0.25) is 0 Å². The quantitative estimate of drug-likeness (QED) is 0.674. The first-order valence-electron chi connectivity index (χ1n) is 5.89. The van der Waals surface area contributed by atoms with Crippen molar-refractivity contribution < 1.29 is 0 Å². The maximum atomic E-state index is 5.91. The van der Waals surface area contributed by atoms with Crippen LogP contribution in [-0.4, -0.2) is 9.97 Å². The molecule has 94 valence electrons. The van der Waals surface area contributed by atoms with Crippen molar-refractivity contribution in [3.63, 3.8) is 0 Å². The normalized spacial score (nSPS) is 10.6. The fraction of sp³-hybridized carbons (Fsp3) is 0.0667. The minimum absolute atomic E-state index is 0.738. The van der Waals surface area contributed by atoms with E-state index >= 15 is 0 Å². The van der Waals surface area contributed by atoms with Gasteiger partial charge in [0.1, 0.15) is 5.01 Å². The van der Waals surface area contributed by atoms with E-state index in [9.17, 15) is 0 Å². The first-order valence-corrected chi connectivity index (χ1v) is 7.08. The van der Waals surface area contributed by atoms with Gasteiger partial charge in [-0.3, -0.25) is 4.98 Å². The number of pyridine rings is 1. The molecule has 0 fully saturated rings. The summed E-state index contributed by atoms with van der Waals surface area (Å²) in [4.78, 5) is 10.2. The Morgan fingerprint density at radius 1 is 1.05 bits per heavy atom. The Morgan fingerprint density at radius 2 is 1.84 bits per heavy atom. The van der Waals surface area contributed by atoms with E-state index in [1.54, 1.807) is 17.5 Å². The summed E-state index contributed by atoms with van der Waals surface area (Å²) in [5, 5.41) is 1.68. The van der Waals surface area contributed by atoms with Crippen LogP contribution in [0, 0.1) is 6.92 Å². The zero-order chi connectivity index (χ0) is 13.2. The predicted octanol–water partition coefficient (Wildman–Crippen LogP) is 4.83. The van der Waals surface area contributed by atoms with Crippen molar-refractivity contribution in [3.05, 3.63) is 58.6 Å². The lowest BCUT2D eigenvalue weighted by atomic mass is 10.1. The predicted molar refractivity (Wildman–Crippen MR) is 80.5 cm³/mol. The molecular formula is C15H11ClN2S. The van der Waals surface area contributed by atoms with E-state index in [2.05, 4.69) is 11.9 Å². The lowest BCUT2D eigenvalue weighted by Crippen LogP contribution is -1.82. The number of thiazole rings is 1. The number of aryl methyl sites for hydroxylation is 1. The van der Waals surface area contributed by atoms with Crippen LogP contribution in [0.4, 0.5) is 0 Å². The topological polar surface area (TPSA) is 25.8 Å². The van der Waals surface area contributed by atoms with Crippen LogP contribution in [0.15, 0.2) is 48.7 Å². The van der Waals surface area contributed by atoms with Crippen molar-refractivity contribution in [1.82, 2.24) is 9.97 Å². The molecule has 0 spiro atoms. The first-order chi connectivity index (χ1) is 9.24. The Morgan fingerprint density at radius 3 is 2.53 bits per heavy atom. The summed E-state index contributed by atoms with van der Waals surface area (Å²) >= 11 is 7.57. The summed E-state index contributed by atoms with van der Waals surface area (Å²) in [5.74, 6) is 0. The van der Waals surface area contributed by atoms with Crippen molar-refractivity contribution in [2.24, 2.45) is 0 Å². The molecule has 0 bridgehead atoms. The number of aromatic nitrogens is 2. The molecule has 4 heteroatoms. The number of hydrogen-bond acceptors (Lipinski definition) is 3. The third kappa shape index (κ3) is 2.53. The van der Waals surface area contributed by atoms with Gasteiger partial charge in [-0.05, 0) is 31.2 Å². The van der Waals surface area contributed by atoms with E-state index in [0.717, 1.165) is 27.0 Å². The van der Waals surface area contributed by atoms with Crippen LogP contribution in [-0.2, 0) is 0 Å². The van der Waals surface area contributed by atoms with Gasteiger partial charge in [0.05, 0.1) is 11.4 Å². The lowest BCUT2D eigenvalue weighted by Gasteiger charge is -1.98. The maximum Gasteiger partial charge on any atom is 0.142 e. The number of benzene rings is 1. The lowest BCUT2D eigenvalue weighted by molar-refractivity contribution is 1.29. The Balaban J connectivity index is 2.05. The highest BCUT2D eigenvalue weighted by Gasteiger charge is 2.11. The van der Waals surface area contributed by atoms with Gasteiger partial charge >= 0.3 is 0 Å². The monoisotopic (exact) mass is 286 g/mol. The molecule has 0 aliphatic heterocycles. The minimum Gasteiger partial charge on any atom is -0.254 e. The molecule has 0 aliphatic rings. The number of hydrogen-bond donors (Lipinski definition) is 0. The largest absolute Gasteiger partial charge is 0.254 e. The van der Waals surface area contributed by atoms with Crippen molar-refractivity contribution >= 4 is 22.9 Å². The van der Waals surface area contributed by atoms with Crippen molar-refractivity contribution in [1.29, 1.82) is 0 Å². The van der Waals surface area contributed by atoms with Crippen LogP contribution in [0.5, 0.6) is 0 Å². The van der Waals surface area contributed by atoms with E-state index < -0.39 is 0 Å². The van der Waals surface area contributed by atoms with Crippen LogP contribution >= 0.6 is 22.9 Å². The highest BCUT2D eigenvalue weighted by Crippen LogP contribution is 2.32. The molecule has 0 N–H and O–H groups in total. The molecule has 0 saturated heterocycles. The molecule has 1 aromatic carbocycles. The van der Waals surface area contributed by atoms with Gasteiger partial charge in [0.15, 0.2) is 0 Å². The van der Waals surface area contributed by atoms with Crippen molar-refractivity contribution in [2.45, 2.75) is 6.92 Å². The van der Waals surface area contributed by atoms with Gasteiger partial charge in [-0.15, -0.1) is 11.3 Å². The minimum atomic E-state index is 0.738. The summed E-state index contributed by atoms with van der Waals surface area (Å²) < 4.78 is 0. The molecule has 0 atom stereocenters. The fourth-order valence-corrected chi connectivity index (χ4v) is 2.91.